The highest BCUT2D eigenvalue weighted by atomic mass is 16.5. The van der Waals surface area contributed by atoms with E-state index in [4.69, 9.17) is 16.3 Å². The van der Waals surface area contributed by atoms with E-state index in [1.807, 2.05) is 41.4 Å². The molecule has 4 rings (SSSR count). The lowest BCUT2D eigenvalue weighted by atomic mass is 10.2. The van der Waals surface area contributed by atoms with Crippen molar-refractivity contribution in [3.63, 3.8) is 0 Å². The van der Waals surface area contributed by atoms with Crippen LogP contribution in [0, 0.1) is 0 Å². The van der Waals surface area contributed by atoms with E-state index in [1.54, 1.807) is 6.08 Å². The van der Waals surface area contributed by atoms with Crippen molar-refractivity contribution in [2.24, 2.45) is 11.6 Å². The number of fused-ring (bicyclic) bond motifs is 1. The van der Waals surface area contributed by atoms with Crippen LogP contribution in [0.1, 0.15) is 17.4 Å². The quantitative estimate of drug-likeness (QED) is 0.222. The summed E-state index contributed by atoms with van der Waals surface area (Å²) in [6.45, 7) is 3.03. The van der Waals surface area contributed by atoms with Gasteiger partial charge >= 0.3 is 0 Å². The molecule has 12 heteroatoms. The van der Waals surface area contributed by atoms with Crippen molar-refractivity contribution in [2.75, 3.05) is 17.2 Å². The van der Waals surface area contributed by atoms with E-state index in [1.165, 1.54) is 6.26 Å². The number of ether oxygens (including phenoxy) is 1. The Morgan fingerprint density at radius 1 is 1.30 bits per heavy atom. The lowest BCUT2D eigenvalue weighted by molar-refractivity contribution is 0.0948. The smallest absolute Gasteiger partial charge is 0.289 e. The molecule has 1 amide bonds. The number of benzene rings is 1. The number of aromatic nitrogens is 5. The molecular formula is C18H20N10O2. The average Bonchev–Trinajstić information content (AvgIpc) is 3.18. The number of nitrogens with zero attached hydrogens (tertiary/aromatic N) is 5. The first-order chi connectivity index (χ1) is 14.6. The number of rotatable bonds is 6. The summed E-state index contributed by atoms with van der Waals surface area (Å²) in [7, 11) is 0. The van der Waals surface area contributed by atoms with E-state index in [-0.39, 0.29) is 24.1 Å². The van der Waals surface area contributed by atoms with Gasteiger partial charge in [0.2, 0.25) is 5.95 Å². The fourth-order valence-corrected chi connectivity index (χ4v) is 2.82. The summed E-state index contributed by atoms with van der Waals surface area (Å²) in [4.78, 5) is 16.5. The summed E-state index contributed by atoms with van der Waals surface area (Å²) in [6, 6.07) is 5.60. The van der Waals surface area contributed by atoms with Crippen molar-refractivity contribution < 1.29 is 9.53 Å². The molecular weight excluding hydrogens is 388 g/mol. The zero-order valence-electron chi connectivity index (χ0n) is 16.1. The number of hydrogen-bond donors (Lipinski definition) is 5. The molecule has 0 atom stereocenters. The molecule has 2 aromatic heterocycles. The van der Waals surface area contributed by atoms with Crippen LogP contribution >= 0.6 is 0 Å². The molecule has 1 aliphatic heterocycles. The second kappa shape index (κ2) is 8.05. The first-order valence-corrected chi connectivity index (χ1v) is 9.11. The molecule has 0 aliphatic carbocycles. The molecule has 0 radical (unpaired) electrons. The minimum absolute atomic E-state index is 0.0585. The van der Waals surface area contributed by atoms with Gasteiger partial charge in [-0.25, -0.2) is 5.84 Å². The topological polar surface area (TPSA) is 171 Å². The van der Waals surface area contributed by atoms with Gasteiger partial charge in [0.15, 0.2) is 11.5 Å². The molecule has 0 unspecified atom stereocenters. The molecule has 12 nitrogen and oxygen atoms in total. The fraction of sp³-hybridized carbons (Fsp3) is 0.167. The number of carbonyl (C=O) groups excluding carboxylic acids is 1. The van der Waals surface area contributed by atoms with E-state index in [9.17, 15) is 4.79 Å². The summed E-state index contributed by atoms with van der Waals surface area (Å²) in [5, 5.41) is 19.3. The zero-order valence-corrected chi connectivity index (χ0v) is 16.1. The number of hydrazine groups is 1. The fourth-order valence-electron chi connectivity index (χ4n) is 2.82. The van der Waals surface area contributed by atoms with Gasteiger partial charge in [-0.15, -0.1) is 10.2 Å². The summed E-state index contributed by atoms with van der Waals surface area (Å²) >= 11 is 0. The van der Waals surface area contributed by atoms with E-state index in [2.05, 4.69) is 30.9 Å². The third-order valence-corrected chi connectivity index (χ3v) is 4.33. The number of amides is 1. The van der Waals surface area contributed by atoms with Crippen LogP contribution in [-0.2, 0) is 11.3 Å². The van der Waals surface area contributed by atoms with Gasteiger partial charge in [0.25, 0.3) is 5.91 Å². The Kier molecular flexibility index (Phi) is 5.13. The first kappa shape index (κ1) is 19.1. The molecule has 3 heterocycles. The van der Waals surface area contributed by atoms with E-state index in [0.29, 0.717) is 17.1 Å². The SMILES string of the molecule is CCn1cc2cc(Nc3nc(NC4=C(N)COC=C4)nnc3C(=O)NN)ccc2n1. The Labute approximate surface area is 171 Å². The van der Waals surface area contributed by atoms with Gasteiger partial charge in [-0.05, 0) is 31.2 Å². The second-order valence-corrected chi connectivity index (χ2v) is 6.37. The number of nitrogen functional groups attached to an aromatic ring is 1. The predicted molar refractivity (Wildman–Crippen MR) is 110 cm³/mol. The minimum atomic E-state index is -0.631. The van der Waals surface area contributed by atoms with Crippen LogP contribution in [0.3, 0.4) is 0 Å². The van der Waals surface area contributed by atoms with Gasteiger partial charge in [-0.3, -0.25) is 14.9 Å². The summed E-state index contributed by atoms with van der Waals surface area (Å²) in [5.74, 6) is 4.96. The molecule has 7 N–H and O–H groups in total. The molecule has 0 saturated carbocycles. The van der Waals surface area contributed by atoms with Gasteiger partial charge in [0.05, 0.1) is 23.2 Å². The van der Waals surface area contributed by atoms with Crippen molar-refractivity contribution in [3.05, 3.63) is 53.8 Å². The summed E-state index contributed by atoms with van der Waals surface area (Å²) in [5.41, 5.74) is 10.5. The Hall–Kier alpha value is -4.19. The maximum Gasteiger partial charge on any atom is 0.289 e. The number of hydrogen-bond acceptors (Lipinski definition) is 10. The van der Waals surface area contributed by atoms with E-state index in [0.717, 1.165) is 17.4 Å². The molecule has 0 spiro atoms. The van der Waals surface area contributed by atoms with Crippen molar-refractivity contribution in [1.82, 2.24) is 30.4 Å². The highest BCUT2D eigenvalue weighted by molar-refractivity contribution is 5.97. The number of anilines is 3. The minimum Gasteiger partial charge on any atom is -0.495 e. The van der Waals surface area contributed by atoms with Crippen LogP contribution in [0.25, 0.3) is 10.9 Å². The molecule has 1 aliphatic rings. The van der Waals surface area contributed by atoms with Gasteiger partial charge in [0, 0.05) is 23.8 Å². The zero-order chi connectivity index (χ0) is 21.1. The Morgan fingerprint density at radius 2 is 2.17 bits per heavy atom. The summed E-state index contributed by atoms with van der Waals surface area (Å²) < 4.78 is 6.96. The first-order valence-electron chi connectivity index (χ1n) is 9.11. The highest BCUT2D eigenvalue weighted by Gasteiger charge is 2.18. The standard InChI is InChI=1S/C18H20N10O2/c1-2-28-8-10-7-11(3-4-13(10)27-28)21-16-15(17(29)24-20)25-26-18(23-16)22-14-5-6-30-9-12(14)19/h3-8H,2,9,19-20H2,1H3,(H,24,29)(H2,21,22,23,26). The number of aryl methyl sites for hydroxylation is 1. The van der Waals surface area contributed by atoms with Crippen LogP contribution in [0.2, 0.25) is 0 Å². The molecule has 30 heavy (non-hydrogen) atoms. The lowest BCUT2D eigenvalue weighted by Crippen LogP contribution is -2.32. The Balaban J connectivity index is 1.67. The molecule has 0 fully saturated rings. The maximum atomic E-state index is 12.1. The average molecular weight is 408 g/mol. The molecule has 3 aromatic rings. The normalized spacial score (nSPS) is 13.3. The third kappa shape index (κ3) is 3.84. The second-order valence-electron chi connectivity index (χ2n) is 6.37. The number of nitrogens with two attached hydrogens (primary N) is 2. The lowest BCUT2D eigenvalue weighted by Gasteiger charge is -2.15. The Morgan fingerprint density at radius 3 is 2.93 bits per heavy atom. The van der Waals surface area contributed by atoms with Gasteiger partial charge in [-0.2, -0.15) is 10.1 Å². The van der Waals surface area contributed by atoms with Gasteiger partial charge in [0.1, 0.15) is 6.61 Å². The van der Waals surface area contributed by atoms with Crippen molar-refractivity contribution in [1.29, 1.82) is 0 Å². The van der Waals surface area contributed by atoms with E-state index >= 15 is 0 Å². The third-order valence-electron chi connectivity index (χ3n) is 4.33. The van der Waals surface area contributed by atoms with Crippen LogP contribution in [0.15, 0.2) is 48.1 Å². The molecule has 0 saturated heterocycles. The monoisotopic (exact) mass is 408 g/mol. The Bertz CT molecular complexity index is 1170. The van der Waals surface area contributed by atoms with Crippen molar-refractivity contribution in [2.45, 2.75) is 13.5 Å². The highest BCUT2D eigenvalue weighted by Crippen LogP contribution is 2.23. The summed E-state index contributed by atoms with van der Waals surface area (Å²) in [6.07, 6.45) is 5.09. The van der Waals surface area contributed by atoms with Crippen molar-refractivity contribution in [3.8, 4) is 0 Å². The van der Waals surface area contributed by atoms with Crippen LogP contribution < -0.4 is 27.6 Å². The number of nitrogens with one attached hydrogen (secondary N) is 3. The van der Waals surface area contributed by atoms with Gasteiger partial charge < -0.3 is 21.1 Å². The number of allylic oxidation sites excluding steroid dienone is 1. The largest absolute Gasteiger partial charge is 0.495 e. The number of carbonyl (C=O) groups is 1. The predicted octanol–water partition coefficient (Wildman–Crippen LogP) is 0.714. The van der Waals surface area contributed by atoms with Gasteiger partial charge in [-0.1, -0.05) is 0 Å². The van der Waals surface area contributed by atoms with Crippen molar-refractivity contribution >= 4 is 34.3 Å². The molecule has 1 aromatic carbocycles. The maximum absolute atomic E-state index is 12.1. The van der Waals surface area contributed by atoms with Crippen LogP contribution in [0.4, 0.5) is 17.5 Å². The van der Waals surface area contributed by atoms with E-state index < -0.39 is 5.91 Å². The van der Waals surface area contributed by atoms with Crippen LogP contribution in [-0.4, -0.2) is 37.5 Å². The molecule has 154 valence electrons. The molecule has 0 bridgehead atoms. The van der Waals surface area contributed by atoms with Crippen LogP contribution in [0.5, 0.6) is 0 Å².